The van der Waals surface area contributed by atoms with Gasteiger partial charge in [-0.05, 0) is 24.1 Å². The highest BCUT2D eigenvalue weighted by atomic mass is 79.9. The van der Waals surface area contributed by atoms with Gasteiger partial charge >= 0.3 is 0 Å². The quantitative estimate of drug-likeness (QED) is 0.848. The highest BCUT2D eigenvalue weighted by Crippen LogP contribution is 2.32. The summed E-state index contributed by atoms with van der Waals surface area (Å²) in [6.45, 7) is 0.662. The number of pyridine rings is 1. The van der Waals surface area contributed by atoms with Crippen LogP contribution in [0.2, 0.25) is 0 Å². The minimum absolute atomic E-state index is 0.204. The number of aliphatic hydroxyl groups is 1. The van der Waals surface area contributed by atoms with Crippen LogP contribution in [-0.4, -0.2) is 22.7 Å². The van der Waals surface area contributed by atoms with Crippen LogP contribution in [0.15, 0.2) is 34.9 Å². The number of rotatable bonds is 1. The summed E-state index contributed by atoms with van der Waals surface area (Å²) in [6, 6.07) is 8.33. The van der Waals surface area contributed by atoms with Crippen molar-refractivity contribution in [3.63, 3.8) is 0 Å². The summed E-state index contributed by atoms with van der Waals surface area (Å²) in [5.74, 6) is 0. The number of nitrogens with one attached hydrogen (secondary N) is 1. The first-order valence-corrected chi connectivity index (χ1v) is 6.49. The Morgan fingerprint density at radius 3 is 3.00 bits per heavy atom. The van der Waals surface area contributed by atoms with Gasteiger partial charge in [0.15, 0.2) is 0 Å². The minimum Gasteiger partial charge on any atom is -0.392 e. The van der Waals surface area contributed by atoms with E-state index >= 15 is 0 Å². The van der Waals surface area contributed by atoms with Crippen LogP contribution in [0.25, 0.3) is 10.9 Å². The van der Waals surface area contributed by atoms with E-state index < -0.39 is 0 Å². The van der Waals surface area contributed by atoms with Gasteiger partial charge in [-0.25, -0.2) is 0 Å². The minimum atomic E-state index is -0.248. The summed E-state index contributed by atoms with van der Waals surface area (Å²) < 4.78 is 1.06. The molecule has 2 aromatic rings. The third-order valence-electron chi connectivity index (χ3n) is 3.23. The molecule has 0 amide bonds. The van der Waals surface area contributed by atoms with E-state index in [2.05, 4.69) is 38.4 Å². The third-order valence-corrected chi connectivity index (χ3v) is 3.92. The van der Waals surface area contributed by atoms with E-state index in [9.17, 15) is 5.11 Å². The van der Waals surface area contributed by atoms with E-state index in [0.29, 0.717) is 6.54 Å². The Morgan fingerprint density at radius 2 is 2.24 bits per heavy atom. The number of benzene rings is 1. The highest BCUT2D eigenvalue weighted by molar-refractivity contribution is 9.10. The number of fused-ring (bicyclic) bond motifs is 1. The maximum atomic E-state index is 9.60. The fourth-order valence-electron chi connectivity index (χ4n) is 2.39. The van der Waals surface area contributed by atoms with Crippen molar-refractivity contribution in [1.29, 1.82) is 0 Å². The Kier molecular flexibility index (Phi) is 2.86. The van der Waals surface area contributed by atoms with Crippen LogP contribution >= 0.6 is 15.9 Å². The molecule has 17 heavy (non-hydrogen) atoms. The predicted molar refractivity (Wildman–Crippen MR) is 70.8 cm³/mol. The molecular formula is C13H13BrN2O. The summed E-state index contributed by atoms with van der Waals surface area (Å²) in [5.41, 5.74) is 2.17. The van der Waals surface area contributed by atoms with Gasteiger partial charge in [0.2, 0.25) is 0 Å². The van der Waals surface area contributed by atoms with Crippen LogP contribution in [0, 0.1) is 0 Å². The molecule has 1 fully saturated rings. The van der Waals surface area contributed by atoms with Crippen molar-refractivity contribution in [1.82, 2.24) is 10.3 Å². The first-order valence-electron chi connectivity index (χ1n) is 5.70. The average molecular weight is 293 g/mol. The van der Waals surface area contributed by atoms with Crippen LogP contribution in [0.1, 0.15) is 18.0 Å². The Bertz CT molecular complexity index is 558. The van der Waals surface area contributed by atoms with Gasteiger partial charge in [0.1, 0.15) is 0 Å². The molecule has 3 nitrogen and oxygen atoms in total. The van der Waals surface area contributed by atoms with Gasteiger partial charge in [0.25, 0.3) is 0 Å². The zero-order valence-electron chi connectivity index (χ0n) is 9.23. The van der Waals surface area contributed by atoms with Gasteiger partial charge < -0.3 is 10.4 Å². The van der Waals surface area contributed by atoms with Crippen LogP contribution in [0.5, 0.6) is 0 Å². The SMILES string of the molecule is OC1CNC(c2ccc(Br)c3cccnc23)C1. The van der Waals surface area contributed by atoms with Crippen molar-refractivity contribution < 1.29 is 5.11 Å². The Morgan fingerprint density at radius 1 is 1.35 bits per heavy atom. The molecule has 1 saturated heterocycles. The number of hydrogen-bond donors (Lipinski definition) is 2. The van der Waals surface area contributed by atoms with E-state index in [1.807, 2.05) is 18.3 Å². The molecule has 0 spiro atoms. The van der Waals surface area contributed by atoms with Gasteiger partial charge in [-0.2, -0.15) is 0 Å². The third kappa shape index (κ3) is 1.97. The van der Waals surface area contributed by atoms with E-state index in [1.165, 1.54) is 5.56 Å². The lowest BCUT2D eigenvalue weighted by atomic mass is 10.0. The maximum Gasteiger partial charge on any atom is 0.0761 e. The molecule has 1 aromatic heterocycles. The molecule has 1 aliphatic rings. The first kappa shape index (κ1) is 11.1. The van der Waals surface area contributed by atoms with E-state index in [1.54, 1.807) is 0 Å². The van der Waals surface area contributed by atoms with Crippen LogP contribution < -0.4 is 5.32 Å². The van der Waals surface area contributed by atoms with Crippen LogP contribution in [0.3, 0.4) is 0 Å². The molecule has 0 aliphatic carbocycles. The molecule has 2 heterocycles. The van der Waals surface area contributed by atoms with Gasteiger partial charge in [0.05, 0.1) is 11.6 Å². The van der Waals surface area contributed by atoms with Crippen molar-refractivity contribution in [2.75, 3.05) is 6.54 Å². The molecule has 88 valence electrons. The van der Waals surface area contributed by atoms with Gasteiger partial charge in [0, 0.05) is 28.6 Å². The van der Waals surface area contributed by atoms with Crippen LogP contribution in [0.4, 0.5) is 0 Å². The lowest BCUT2D eigenvalue weighted by Gasteiger charge is -2.13. The number of aromatic nitrogens is 1. The van der Waals surface area contributed by atoms with Crippen molar-refractivity contribution in [2.45, 2.75) is 18.6 Å². The van der Waals surface area contributed by atoms with Crippen molar-refractivity contribution >= 4 is 26.8 Å². The molecule has 0 radical (unpaired) electrons. The van der Waals surface area contributed by atoms with Gasteiger partial charge in [-0.15, -0.1) is 0 Å². The van der Waals surface area contributed by atoms with Crippen molar-refractivity contribution in [3.05, 3.63) is 40.5 Å². The smallest absolute Gasteiger partial charge is 0.0761 e. The number of β-amino-alcohol motifs (C(OH)–C–C–N with tert-alkyl or cyclic N) is 1. The second-order valence-electron chi connectivity index (χ2n) is 4.39. The molecule has 0 saturated carbocycles. The second kappa shape index (κ2) is 4.37. The first-order chi connectivity index (χ1) is 8.25. The number of hydrogen-bond acceptors (Lipinski definition) is 3. The molecule has 4 heteroatoms. The zero-order chi connectivity index (χ0) is 11.8. The standard InChI is InChI=1S/C13H13BrN2O/c14-11-4-3-10(12-6-8(17)7-16-12)13-9(11)2-1-5-15-13/h1-5,8,12,16-17H,6-7H2. The fraction of sp³-hybridized carbons (Fsp3) is 0.308. The second-order valence-corrected chi connectivity index (χ2v) is 5.24. The highest BCUT2D eigenvalue weighted by Gasteiger charge is 2.25. The summed E-state index contributed by atoms with van der Waals surface area (Å²) >= 11 is 3.54. The summed E-state index contributed by atoms with van der Waals surface area (Å²) in [6.07, 6.45) is 2.32. The maximum absolute atomic E-state index is 9.60. The van der Waals surface area contributed by atoms with Crippen molar-refractivity contribution in [2.24, 2.45) is 0 Å². The molecule has 3 rings (SSSR count). The van der Waals surface area contributed by atoms with Gasteiger partial charge in [-0.1, -0.05) is 28.1 Å². The Balaban J connectivity index is 2.14. The lowest BCUT2D eigenvalue weighted by Crippen LogP contribution is -2.15. The number of nitrogens with zero attached hydrogens (tertiary/aromatic N) is 1. The Hall–Kier alpha value is -0.970. The number of halogens is 1. The number of aliphatic hydroxyl groups excluding tert-OH is 1. The topological polar surface area (TPSA) is 45.1 Å². The molecule has 1 aliphatic heterocycles. The Labute approximate surface area is 108 Å². The van der Waals surface area contributed by atoms with E-state index in [-0.39, 0.29) is 12.1 Å². The molecular weight excluding hydrogens is 280 g/mol. The molecule has 0 bridgehead atoms. The normalized spacial score (nSPS) is 24.4. The average Bonchev–Trinajstić information content (AvgIpc) is 2.77. The molecule has 1 aromatic carbocycles. The van der Waals surface area contributed by atoms with E-state index in [0.717, 1.165) is 21.8 Å². The van der Waals surface area contributed by atoms with E-state index in [4.69, 9.17) is 0 Å². The summed E-state index contributed by atoms with van der Waals surface area (Å²) in [4.78, 5) is 4.46. The predicted octanol–water partition coefficient (Wildman–Crippen LogP) is 2.39. The largest absolute Gasteiger partial charge is 0.392 e. The van der Waals surface area contributed by atoms with Crippen molar-refractivity contribution in [3.8, 4) is 0 Å². The summed E-state index contributed by atoms with van der Waals surface area (Å²) in [7, 11) is 0. The molecule has 2 N–H and O–H groups in total. The monoisotopic (exact) mass is 292 g/mol. The fourth-order valence-corrected chi connectivity index (χ4v) is 2.85. The summed E-state index contributed by atoms with van der Waals surface area (Å²) in [5, 5.41) is 14.0. The van der Waals surface area contributed by atoms with Gasteiger partial charge in [-0.3, -0.25) is 4.98 Å². The lowest BCUT2D eigenvalue weighted by molar-refractivity contribution is 0.193. The molecule has 2 unspecified atom stereocenters. The molecule has 2 atom stereocenters. The van der Waals surface area contributed by atoms with Crippen LogP contribution in [-0.2, 0) is 0 Å². The zero-order valence-corrected chi connectivity index (χ0v) is 10.8.